The first-order chi connectivity index (χ1) is 21.3. The van der Waals surface area contributed by atoms with Crippen molar-refractivity contribution in [1.82, 2.24) is 20.5 Å². The van der Waals surface area contributed by atoms with Gasteiger partial charge in [0.15, 0.2) is 18.1 Å². The second-order valence-electron chi connectivity index (χ2n) is 10.5. The molecule has 0 radical (unpaired) electrons. The summed E-state index contributed by atoms with van der Waals surface area (Å²) < 4.78 is 37.6. The van der Waals surface area contributed by atoms with Gasteiger partial charge in [0.1, 0.15) is 23.2 Å². The molecular formula is C32H35FN4O7. The van der Waals surface area contributed by atoms with Crippen LogP contribution < -0.4 is 29.6 Å². The van der Waals surface area contributed by atoms with Crippen molar-refractivity contribution in [2.24, 2.45) is 0 Å². The molecule has 3 aromatic rings. The zero-order chi connectivity index (χ0) is 31.1. The van der Waals surface area contributed by atoms with Crippen molar-refractivity contribution in [3.8, 4) is 23.1 Å². The van der Waals surface area contributed by atoms with Gasteiger partial charge < -0.3 is 34.5 Å². The fourth-order valence-corrected chi connectivity index (χ4v) is 5.26. The summed E-state index contributed by atoms with van der Waals surface area (Å²) in [5, 5.41) is 5.78. The number of hydrogen-bond acceptors (Lipinski definition) is 8. The number of aromatic nitrogens is 1. The monoisotopic (exact) mass is 606 g/mol. The zero-order valence-electron chi connectivity index (χ0n) is 24.6. The van der Waals surface area contributed by atoms with E-state index < -0.39 is 23.9 Å². The van der Waals surface area contributed by atoms with E-state index in [1.807, 2.05) is 13.0 Å². The highest BCUT2D eigenvalue weighted by Crippen LogP contribution is 2.29. The lowest BCUT2D eigenvalue weighted by Gasteiger charge is -2.39. The highest BCUT2D eigenvalue weighted by molar-refractivity contribution is 5.96. The summed E-state index contributed by atoms with van der Waals surface area (Å²) in [6.07, 6.45) is 1.93. The standard InChI is InChI=1S/C32H35FN4O7/c1-3-42-31-24(5-4-11-34-31)32(40)37-12-10-26-25(18-37)36-30(39)19-43-28-15-20(6-8-27(28)41-2)7-9-29(38)35-17-21-13-22(33)16-23(14-21)44-26/h4-6,8,11,13-16,25-26H,3,7,9-10,12,17-19H2,1-2H3,(H,35,38)(H,36,39)/t25-,26-/m1/s1. The number of carbonyl (C=O) groups excluding carboxylic acids is 3. The smallest absolute Gasteiger partial charge is 0.259 e. The van der Waals surface area contributed by atoms with Gasteiger partial charge in [-0.1, -0.05) is 6.07 Å². The first-order valence-corrected chi connectivity index (χ1v) is 14.5. The van der Waals surface area contributed by atoms with Gasteiger partial charge in [-0.3, -0.25) is 14.4 Å². The van der Waals surface area contributed by atoms with E-state index in [0.29, 0.717) is 48.6 Å². The maximum atomic E-state index is 14.6. The number of carbonyl (C=O) groups is 3. The Morgan fingerprint density at radius 1 is 1.11 bits per heavy atom. The Labute approximate surface area is 254 Å². The summed E-state index contributed by atoms with van der Waals surface area (Å²) in [6.45, 7) is 2.37. The first kappa shape index (κ1) is 30.6. The van der Waals surface area contributed by atoms with Crippen LogP contribution >= 0.6 is 0 Å². The summed E-state index contributed by atoms with van der Waals surface area (Å²) in [5.74, 6) is -0.171. The predicted octanol–water partition coefficient (Wildman–Crippen LogP) is 3.05. The molecule has 1 aromatic heterocycles. The average Bonchev–Trinajstić information content (AvgIpc) is 3.02. The summed E-state index contributed by atoms with van der Waals surface area (Å²) >= 11 is 0. The number of fused-ring (bicyclic) bond motifs is 5. The van der Waals surface area contributed by atoms with Crippen LogP contribution in [0.15, 0.2) is 54.7 Å². The fraction of sp³-hybridized carbons (Fsp3) is 0.375. The van der Waals surface area contributed by atoms with Gasteiger partial charge in [-0.25, -0.2) is 9.37 Å². The van der Waals surface area contributed by atoms with Crippen molar-refractivity contribution in [2.75, 3.05) is 33.4 Å². The average molecular weight is 607 g/mol. The number of pyridine rings is 1. The molecule has 5 rings (SSSR count). The Kier molecular flexibility index (Phi) is 9.78. The van der Waals surface area contributed by atoms with Crippen LogP contribution in [0.1, 0.15) is 41.3 Å². The molecule has 0 unspecified atom stereocenters. The number of amides is 3. The molecular weight excluding hydrogens is 571 g/mol. The van der Waals surface area contributed by atoms with Crippen molar-refractivity contribution >= 4 is 17.7 Å². The molecule has 0 saturated carbocycles. The van der Waals surface area contributed by atoms with Crippen LogP contribution in [0.3, 0.4) is 0 Å². The van der Waals surface area contributed by atoms with E-state index >= 15 is 0 Å². The van der Waals surface area contributed by atoms with Crippen molar-refractivity contribution in [2.45, 2.75) is 44.9 Å². The molecule has 44 heavy (non-hydrogen) atoms. The third kappa shape index (κ3) is 7.55. The lowest BCUT2D eigenvalue weighted by atomic mass is 10.0. The Morgan fingerprint density at radius 2 is 1.98 bits per heavy atom. The van der Waals surface area contributed by atoms with E-state index in [-0.39, 0.29) is 49.6 Å². The van der Waals surface area contributed by atoms with Gasteiger partial charge in [-0.2, -0.15) is 0 Å². The maximum absolute atomic E-state index is 14.6. The molecule has 12 heteroatoms. The van der Waals surface area contributed by atoms with Crippen LogP contribution in [0.25, 0.3) is 0 Å². The number of benzene rings is 2. The minimum absolute atomic E-state index is 0.115. The van der Waals surface area contributed by atoms with E-state index in [1.54, 1.807) is 41.4 Å². The van der Waals surface area contributed by atoms with Crippen molar-refractivity contribution < 1.29 is 37.7 Å². The summed E-state index contributed by atoms with van der Waals surface area (Å²) in [4.78, 5) is 45.1. The number of likely N-dealkylation sites (tertiary alicyclic amines) is 1. The summed E-state index contributed by atoms with van der Waals surface area (Å²) in [7, 11) is 1.50. The molecule has 2 aliphatic heterocycles. The number of hydrogen-bond donors (Lipinski definition) is 2. The van der Waals surface area contributed by atoms with Gasteiger partial charge in [0.2, 0.25) is 11.8 Å². The first-order valence-electron chi connectivity index (χ1n) is 14.5. The molecule has 0 spiro atoms. The number of nitrogens with one attached hydrogen (secondary N) is 2. The van der Waals surface area contributed by atoms with Gasteiger partial charge >= 0.3 is 0 Å². The summed E-state index contributed by atoms with van der Waals surface area (Å²) in [6, 6.07) is 12.2. The van der Waals surface area contributed by atoms with Gasteiger partial charge in [0.05, 0.1) is 19.8 Å². The van der Waals surface area contributed by atoms with Crippen LogP contribution in [0, 0.1) is 5.82 Å². The Hall–Kier alpha value is -4.87. The Bertz CT molecular complexity index is 1520. The SMILES string of the molecule is CCOc1ncccc1C(=O)N1CC[C@H]2Oc3cc(F)cc(c3)CNC(=O)CCc3ccc(OC)c(c3)OCC(=O)N[C@@H]2C1. The highest BCUT2D eigenvalue weighted by Gasteiger charge is 2.35. The second-order valence-corrected chi connectivity index (χ2v) is 10.5. The van der Waals surface area contributed by atoms with Gasteiger partial charge in [-0.15, -0.1) is 0 Å². The molecule has 1 saturated heterocycles. The topological polar surface area (TPSA) is 128 Å². The highest BCUT2D eigenvalue weighted by atomic mass is 19.1. The third-order valence-corrected chi connectivity index (χ3v) is 7.40. The molecule has 2 atom stereocenters. The fourth-order valence-electron chi connectivity index (χ4n) is 5.26. The lowest BCUT2D eigenvalue weighted by Crippen LogP contribution is -2.58. The lowest BCUT2D eigenvalue weighted by molar-refractivity contribution is -0.125. The van der Waals surface area contributed by atoms with E-state index in [9.17, 15) is 18.8 Å². The van der Waals surface area contributed by atoms with Gasteiger partial charge in [0, 0.05) is 44.7 Å². The number of methoxy groups -OCH3 is 1. The minimum Gasteiger partial charge on any atom is -0.493 e. The molecule has 0 aliphatic carbocycles. The molecule has 2 aromatic carbocycles. The quantitative estimate of drug-likeness (QED) is 0.464. The van der Waals surface area contributed by atoms with Crippen molar-refractivity contribution in [3.05, 3.63) is 77.2 Å². The maximum Gasteiger partial charge on any atom is 0.259 e. The van der Waals surface area contributed by atoms with Gasteiger partial charge in [0.25, 0.3) is 11.8 Å². The molecule has 2 N–H and O–H groups in total. The predicted molar refractivity (Wildman–Crippen MR) is 157 cm³/mol. The number of nitrogens with zero attached hydrogens (tertiary/aromatic N) is 2. The molecule has 232 valence electrons. The Morgan fingerprint density at radius 3 is 2.80 bits per heavy atom. The van der Waals surface area contributed by atoms with Crippen LogP contribution in [0.2, 0.25) is 0 Å². The van der Waals surface area contributed by atoms with Crippen LogP contribution in [-0.2, 0) is 22.6 Å². The number of piperidine rings is 1. The molecule has 3 amide bonds. The van der Waals surface area contributed by atoms with Gasteiger partial charge in [-0.05, 0) is 60.9 Å². The second kappa shape index (κ2) is 14.1. The Balaban J connectivity index is 1.42. The van der Waals surface area contributed by atoms with Crippen LogP contribution in [0.4, 0.5) is 4.39 Å². The zero-order valence-corrected chi connectivity index (χ0v) is 24.6. The molecule has 11 nitrogen and oxygen atoms in total. The van der Waals surface area contributed by atoms with Crippen molar-refractivity contribution in [3.63, 3.8) is 0 Å². The van der Waals surface area contributed by atoms with E-state index in [0.717, 1.165) is 5.56 Å². The van der Waals surface area contributed by atoms with E-state index in [1.165, 1.54) is 19.2 Å². The number of aryl methyl sites for hydroxylation is 1. The third-order valence-electron chi connectivity index (χ3n) is 7.40. The molecule has 3 heterocycles. The normalized spacial score (nSPS) is 19.1. The van der Waals surface area contributed by atoms with Crippen molar-refractivity contribution in [1.29, 1.82) is 0 Å². The van der Waals surface area contributed by atoms with Crippen LogP contribution in [0.5, 0.6) is 23.1 Å². The van der Waals surface area contributed by atoms with Crippen LogP contribution in [-0.4, -0.2) is 73.2 Å². The summed E-state index contributed by atoms with van der Waals surface area (Å²) in [5.41, 5.74) is 1.66. The largest absolute Gasteiger partial charge is 0.493 e. The molecule has 2 aliphatic rings. The number of rotatable bonds is 4. The number of ether oxygens (including phenoxy) is 4. The van der Waals surface area contributed by atoms with E-state index in [4.69, 9.17) is 18.9 Å². The molecule has 4 bridgehead atoms. The van der Waals surface area contributed by atoms with E-state index in [2.05, 4.69) is 15.6 Å². The number of halogens is 1. The molecule has 1 fully saturated rings. The minimum atomic E-state index is -0.658.